The van der Waals surface area contributed by atoms with E-state index in [1.807, 2.05) is 52.0 Å². The van der Waals surface area contributed by atoms with E-state index in [1.165, 1.54) is 0 Å². The minimum absolute atomic E-state index is 0.116. The zero-order valence-electron chi connectivity index (χ0n) is 25.8. The van der Waals surface area contributed by atoms with Crippen molar-refractivity contribution in [1.29, 1.82) is 0 Å². The molecule has 4 heterocycles. The number of rotatable bonds is 7. The maximum absolute atomic E-state index is 12.7. The molecular weight excluding hydrogens is 607 g/mol. The Bertz CT molecular complexity index is 1760. The third-order valence-electron chi connectivity index (χ3n) is 7.31. The van der Waals surface area contributed by atoms with Gasteiger partial charge in [0.2, 0.25) is 5.56 Å². The summed E-state index contributed by atoms with van der Waals surface area (Å²) < 4.78 is 11.0. The number of carbonyl (C=O) groups excluding carboxylic acids is 1. The van der Waals surface area contributed by atoms with E-state index in [4.69, 9.17) is 14.5 Å². The summed E-state index contributed by atoms with van der Waals surface area (Å²) in [6.07, 6.45) is -0.469. The fourth-order valence-electron chi connectivity index (χ4n) is 5.27. The van der Waals surface area contributed by atoms with Crippen molar-refractivity contribution in [3.05, 3.63) is 88.5 Å². The number of H-pyrrole nitrogens is 1. The molecule has 0 radical (unpaired) electrons. The summed E-state index contributed by atoms with van der Waals surface area (Å²) in [5, 5.41) is 6.48. The first-order valence-corrected chi connectivity index (χ1v) is 16.6. The van der Waals surface area contributed by atoms with Crippen LogP contribution in [0.25, 0.3) is 11.3 Å². The summed E-state index contributed by atoms with van der Waals surface area (Å²) in [4.78, 5) is 39.7. The number of aromatic nitrogens is 2. The van der Waals surface area contributed by atoms with Gasteiger partial charge >= 0.3 is 6.09 Å². The Balaban J connectivity index is 1.24. The number of hydrogen-bond donors (Lipinski definition) is 3. The van der Waals surface area contributed by atoms with Crippen LogP contribution in [0.4, 0.5) is 16.2 Å². The second-order valence-corrected chi connectivity index (χ2v) is 14.1. The van der Waals surface area contributed by atoms with Gasteiger partial charge in [0.25, 0.3) is 0 Å². The third kappa shape index (κ3) is 7.66. The number of anilines is 2. The van der Waals surface area contributed by atoms with Crippen LogP contribution in [0.1, 0.15) is 38.2 Å². The molecule has 0 bridgehead atoms. The molecule has 2 aliphatic rings. The van der Waals surface area contributed by atoms with E-state index in [0.717, 1.165) is 66.7 Å². The SMILES string of the molecule is Cc1cccc(C(CNC(=O)OC(C)(C)C)Nc2ccc3c(c2)Sc2cccc(-c4cc(N5CCOCC5)cc(=O)[nH]4)c2S3)n1. The number of alkyl carbamates (subject to hydrolysis) is 1. The average molecular weight is 644 g/mol. The highest BCUT2D eigenvalue weighted by molar-refractivity contribution is 8.05. The number of nitrogens with zero attached hydrogens (tertiary/aromatic N) is 2. The standard InChI is InChI=1S/C34H37N5O4S2/c1-21-7-5-9-25(36-21)27(20-35-33(41)43-34(2,3)4)37-22-11-12-28-30(17-22)44-29-10-6-8-24(32(29)45-28)26-18-23(19-31(40)38-26)39-13-15-42-16-14-39/h5-12,17-19,27,37H,13-16,20H2,1-4H3,(H,35,41)(H,38,40). The van der Waals surface area contributed by atoms with E-state index in [-0.39, 0.29) is 11.6 Å². The molecule has 2 aromatic carbocycles. The molecule has 1 amide bonds. The molecule has 4 aromatic rings. The second-order valence-electron chi connectivity index (χ2n) is 12.0. The lowest BCUT2D eigenvalue weighted by atomic mass is 10.1. The summed E-state index contributed by atoms with van der Waals surface area (Å²) >= 11 is 3.41. The van der Waals surface area contributed by atoms with Crippen molar-refractivity contribution >= 4 is 41.0 Å². The molecule has 1 atom stereocenters. The van der Waals surface area contributed by atoms with Crippen molar-refractivity contribution in [3.63, 3.8) is 0 Å². The second kappa shape index (κ2) is 13.2. The van der Waals surface area contributed by atoms with Crippen LogP contribution in [-0.2, 0) is 9.47 Å². The molecular formula is C34H37N5O4S2. The summed E-state index contributed by atoms with van der Waals surface area (Å²) in [5.41, 5.74) is 4.67. The third-order valence-corrected chi connectivity index (χ3v) is 9.90. The molecule has 45 heavy (non-hydrogen) atoms. The van der Waals surface area contributed by atoms with E-state index in [2.05, 4.69) is 56.9 Å². The molecule has 1 saturated heterocycles. The lowest BCUT2D eigenvalue weighted by Crippen LogP contribution is -2.36. The van der Waals surface area contributed by atoms with E-state index in [0.29, 0.717) is 19.8 Å². The van der Waals surface area contributed by atoms with Crippen LogP contribution in [0, 0.1) is 6.92 Å². The van der Waals surface area contributed by atoms with Crippen LogP contribution in [0.3, 0.4) is 0 Å². The van der Waals surface area contributed by atoms with Gasteiger partial charge in [0.15, 0.2) is 0 Å². The molecule has 9 nitrogen and oxygen atoms in total. The fraction of sp³-hybridized carbons (Fsp3) is 0.324. The van der Waals surface area contributed by atoms with Crippen LogP contribution in [-0.4, -0.2) is 54.5 Å². The molecule has 0 saturated carbocycles. The minimum atomic E-state index is -0.584. The maximum atomic E-state index is 12.7. The number of amides is 1. The summed E-state index contributed by atoms with van der Waals surface area (Å²) in [5.74, 6) is 0. The number of ether oxygens (including phenoxy) is 2. The minimum Gasteiger partial charge on any atom is -0.444 e. The van der Waals surface area contributed by atoms with Gasteiger partial charge in [-0.1, -0.05) is 41.7 Å². The lowest BCUT2D eigenvalue weighted by Gasteiger charge is -2.29. The van der Waals surface area contributed by atoms with Gasteiger partial charge in [-0.15, -0.1) is 0 Å². The molecule has 0 aliphatic carbocycles. The quantitative estimate of drug-likeness (QED) is 0.175. The Kier molecular flexibility index (Phi) is 9.11. The number of aromatic amines is 1. The van der Waals surface area contributed by atoms with Gasteiger partial charge in [-0.3, -0.25) is 9.78 Å². The van der Waals surface area contributed by atoms with Crippen LogP contribution in [0.15, 0.2) is 91.1 Å². The molecule has 1 unspecified atom stereocenters. The number of fused-ring (bicyclic) bond motifs is 2. The molecule has 6 rings (SSSR count). The number of hydrogen-bond acceptors (Lipinski definition) is 9. The van der Waals surface area contributed by atoms with E-state index >= 15 is 0 Å². The van der Waals surface area contributed by atoms with Crippen LogP contribution in [0.2, 0.25) is 0 Å². The molecule has 3 N–H and O–H groups in total. The normalized spacial score (nSPS) is 15.1. The number of aryl methyl sites for hydroxylation is 1. The highest BCUT2D eigenvalue weighted by atomic mass is 32.2. The van der Waals surface area contributed by atoms with Crippen molar-refractivity contribution in [3.8, 4) is 11.3 Å². The Hall–Kier alpha value is -3.93. The van der Waals surface area contributed by atoms with Gasteiger partial charge in [0.1, 0.15) is 5.60 Å². The van der Waals surface area contributed by atoms with Crippen molar-refractivity contribution in [2.45, 2.75) is 58.9 Å². The van der Waals surface area contributed by atoms with E-state index in [9.17, 15) is 9.59 Å². The molecule has 2 aromatic heterocycles. The molecule has 2 aliphatic heterocycles. The van der Waals surface area contributed by atoms with Crippen molar-refractivity contribution in [2.24, 2.45) is 0 Å². The largest absolute Gasteiger partial charge is 0.444 e. The lowest BCUT2D eigenvalue weighted by molar-refractivity contribution is 0.0525. The molecule has 1 fully saturated rings. The van der Waals surface area contributed by atoms with E-state index in [1.54, 1.807) is 29.6 Å². The topological polar surface area (TPSA) is 109 Å². The van der Waals surface area contributed by atoms with Gasteiger partial charge in [-0.25, -0.2) is 4.79 Å². The highest BCUT2D eigenvalue weighted by Crippen LogP contribution is 2.52. The van der Waals surface area contributed by atoms with Gasteiger partial charge in [-0.05, 0) is 70.2 Å². The Morgan fingerprint density at radius 3 is 2.60 bits per heavy atom. The number of nitrogens with one attached hydrogen (secondary N) is 3. The fourth-order valence-corrected chi connectivity index (χ4v) is 7.68. The summed E-state index contributed by atoms with van der Waals surface area (Å²) in [7, 11) is 0. The van der Waals surface area contributed by atoms with Crippen LogP contribution in [0.5, 0.6) is 0 Å². The zero-order chi connectivity index (χ0) is 31.6. The number of carbonyl (C=O) groups is 1. The van der Waals surface area contributed by atoms with E-state index < -0.39 is 11.7 Å². The average Bonchev–Trinajstić information content (AvgIpc) is 3.01. The predicted octanol–water partition coefficient (Wildman–Crippen LogP) is 6.88. The summed E-state index contributed by atoms with van der Waals surface area (Å²) in [6.45, 7) is 10.6. The van der Waals surface area contributed by atoms with Crippen molar-refractivity contribution < 1.29 is 14.3 Å². The van der Waals surface area contributed by atoms with Gasteiger partial charge in [0.05, 0.1) is 30.6 Å². The molecule has 234 valence electrons. The Morgan fingerprint density at radius 1 is 1.02 bits per heavy atom. The Labute approximate surface area is 271 Å². The number of benzene rings is 2. The number of morpholine rings is 1. The van der Waals surface area contributed by atoms with Crippen molar-refractivity contribution in [1.82, 2.24) is 15.3 Å². The monoisotopic (exact) mass is 643 g/mol. The van der Waals surface area contributed by atoms with Crippen LogP contribution < -0.4 is 21.1 Å². The molecule has 11 heteroatoms. The Morgan fingerprint density at radius 2 is 1.82 bits per heavy atom. The molecule has 0 spiro atoms. The summed E-state index contributed by atoms with van der Waals surface area (Å²) in [6, 6.07) is 21.9. The van der Waals surface area contributed by atoms with Gasteiger partial charge < -0.3 is 30.0 Å². The number of pyridine rings is 2. The zero-order valence-corrected chi connectivity index (χ0v) is 27.4. The van der Waals surface area contributed by atoms with Crippen LogP contribution >= 0.6 is 23.5 Å². The van der Waals surface area contributed by atoms with Gasteiger partial charge in [-0.2, -0.15) is 0 Å². The first-order chi connectivity index (χ1) is 21.6. The predicted molar refractivity (Wildman–Crippen MR) is 180 cm³/mol. The van der Waals surface area contributed by atoms with Gasteiger partial charge in [0, 0.05) is 67.9 Å². The van der Waals surface area contributed by atoms with Crippen molar-refractivity contribution in [2.75, 3.05) is 43.1 Å². The first-order valence-electron chi connectivity index (χ1n) is 15.0. The highest BCUT2D eigenvalue weighted by Gasteiger charge is 2.24. The maximum Gasteiger partial charge on any atom is 0.407 e. The smallest absolute Gasteiger partial charge is 0.407 e. The first kappa shape index (κ1) is 31.1.